The van der Waals surface area contributed by atoms with Gasteiger partial charge in [-0.15, -0.1) is 0 Å². The summed E-state index contributed by atoms with van der Waals surface area (Å²) in [6.07, 6.45) is 0.638. The molecule has 19 heavy (non-hydrogen) atoms. The molecule has 6 heteroatoms. The van der Waals surface area contributed by atoms with Crippen molar-refractivity contribution in [2.24, 2.45) is 0 Å². The summed E-state index contributed by atoms with van der Waals surface area (Å²) in [6.45, 7) is 0.0538. The van der Waals surface area contributed by atoms with Gasteiger partial charge >= 0.3 is 11.9 Å². The van der Waals surface area contributed by atoms with Crippen molar-refractivity contribution in [3.63, 3.8) is 0 Å². The van der Waals surface area contributed by atoms with Crippen LogP contribution in [-0.4, -0.2) is 34.5 Å². The average molecular weight is 269 g/mol. The van der Waals surface area contributed by atoms with Crippen LogP contribution in [0.5, 0.6) is 0 Å². The number of carboxylic acid groups (broad SMARTS) is 1. The standard InChI is InChI=1S/C13H13F2NO3/c14-13(15,9-5-2-1-3-6-9)12(19)16-8-4-7-10(16)11(17)18/h1-3,5-6,10H,4,7-8H2,(H,17,18)/t10-/m0/s1. The van der Waals surface area contributed by atoms with Gasteiger partial charge in [-0.1, -0.05) is 30.3 Å². The molecule has 1 fully saturated rings. The molecule has 4 nitrogen and oxygen atoms in total. The summed E-state index contributed by atoms with van der Waals surface area (Å²) in [7, 11) is 0. The lowest BCUT2D eigenvalue weighted by Crippen LogP contribution is -2.47. The fourth-order valence-electron chi connectivity index (χ4n) is 2.22. The molecule has 1 N–H and O–H groups in total. The number of carbonyl (C=O) groups excluding carboxylic acids is 1. The topological polar surface area (TPSA) is 57.6 Å². The van der Waals surface area contributed by atoms with Crippen LogP contribution in [0.3, 0.4) is 0 Å². The number of aliphatic carboxylic acids is 1. The van der Waals surface area contributed by atoms with Crippen molar-refractivity contribution in [1.29, 1.82) is 0 Å². The van der Waals surface area contributed by atoms with E-state index in [0.717, 1.165) is 17.0 Å². The molecule has 0 unspecified atom stereocenters. The molecule has 0 saturated carbocycles. The van der Waals surface area contributed by atoms with E-state index in [1.807, 2.05) is 0 Å². The number of rotatable bonds is 3. The molecule has 1 heterocycles. The van der Waals surface area contributed by atoms with Crippen LogP contribution >= 0.6 is 0 Å². The van der Waals surface area contributed by atoms with Crippen molar-refractivity contribution >= 4 is 11.9 Å². The normalized spacial score (nSPS) is 19.5. The van der Waals surface area contributed by atoms with Crippen LogP contribution in [0.1, 0.15) is 18.4 Å². The Kier molecular flexibility index (Phi) is 3.50. The van der Waals surface area contributed by atoms with Crippen LogP contribution in [0.2, 0.25) is 0 Å². The van der Waals surface area contributed by atoms with E-state index in [9.17, 15) is 18.4 Å². The Morgan fingerprint density at radius 2 is 1.89 bits per heavy atom. The predicted octanol–water partition coefficient (Wildman–Crippen LogP) is 1.85. The molecule has 1 amide bonds. The minimum atomic E-state index is -3.70. The van der Waals surface area contributed by atoms with Gasteiger partial charge in [0.05, 0.1) is 0 Å². The molecule has 1 atom stereocenters. The second-order valence-electron chi connectivity index (χ2n) is 4.44. The first-order valence-electron chi connectivity index (χ1n) is 5.92. The van der Waals surface area contributed by atoms with E-state index in [4.69, 9.17) is 5.11 Å². The third-order valence-electron chi connectivity index (χ3n) is 3.20. The number of carbonyl (C=O) groups is 2. The summed E-state index contributed by atoms with van der Waals surface area (Å²) in [4.78, 5) is 23.6. The summed E-state index contributed by atoms with van der Waals surface area (Å²) >= 11 is 0. The number of benzene rings is 1. The van der Waals surface area contributed by atoms with E-state index in [-0.39, 0.29) is 13.0 Å². The van der Waals surface area contributed by atoms with Crippen molar-refractivity contribution < 1.29 is 23.5 Å². The number of hydrogen-bond donors (Lipinski definition) is 1. The fourth-order valence-corrected chi connectivity index (χ4v) is 2.22. The van der Waals surface area contributed by atoms with Gasteiger partial charge in [-0.25, -0.2) is 4.79 Å². The molecule has 2 rings (SSSR count). The van der Waals surface area contributed by atoms with Crippen molar-refractivity contribution in [3.05, 3.63) is 35.9 Å². The van der Waals surface area contributed by atoms with Crippen molar-refractivity contribution in [3.8, 4) is 0 Å². The van der Waals surface area contributed by atoms with E-state index < -0.39 is 29.4 Å². The lowest BCUT2D eigenvalue weighted by Gasteiger charge is -2.26. The lowest BCUT2D eigenvalue weighted by molar-refractivity contribution is -0.164. The lowest BCUT2D eigenvalue weighted by atomic mass is 10.1. The van der Waals surface area contributed by atoms with Crippen LogP contribution in [-0.2, 0) is 15.5 Å². The number of amides is 1. The number of likely N-dealkylation sites (tertiary alicyclic amines) is 1. The Balaban J connectivity index is 2.26. The van der Waals surface area contributed by atoms with Gasteiger partial charge in [0.25, 0.3) is 5.91 Å². The van der Waals surface area contributed by atoms with Crippen molar-refractivity contribution in [2.45, 2.75) is 24.8 Å². The first-order valence-corrected chi connectivity index (χ1v) is 5.92. The fraction of sp³-hybridized carbons (Fsp3) is 0.385. The van der Waals surface area contributed by atoms with Gasteiger partial charge in [0.2, 0.25) is 0 Å². The molecule has 1 aromatic carbocycles. The van der Waals surface area contributed by atoms with E-state index in [1.54, 1.807) is 6.07 Å². The first kappa shape index (κ1) is 13.5. The summed E-state index contributed by atoms with van der Waals surface area (Å²) in [6, 6.07) is 5.56. The summed E-state index contributed by atoms with van der Waals surface area (Å²) in [5.41, 5.74) is -0.420. The van der Waals surface area contributed by atoms with E-state index in [0.29, 0.717) is 6.42 Å². The van der Waals surface area contributed by atoms with Crippen molar-refractivity contribution in [2.75, 3.05) is 6.54 Å². The van der Waals surface area contributed by atoms with Crippen LogP contribution in [0.15, 0.2) is 30.3 Å². The minimum absolute atomic E-state index is 0.0538. The highest BCUT2D eigenvalue weighted by Gasteiger charge is 2.48. The zero-order valence-electron chi connectivity index (χ0n) is 10.1. The number of carboxylic acids is 1. The molecule has 0 aromatic heterocycles. The van der Waals surface area contributed by atoms with Gasteiger partial charge in [0.15, 0.2) is 0 Å². The molecule has 1 aliphatic rings. The Morgan fingerprint density at radius 1 is 1.26 bits per heavy atom. The van der Waals surface area contributed by atoms with E-state index in [1.165, 1.54) is 12.1 Å². The van der Waals surface area contributed by atoms with Crippen LogP contribution < -0.4 is 0 Å². The molecular formula is C13H13F2NO3. The Hall–Kier alpha value is -1.98. The Bertz CT molecular complexity index is 490. The number of halogens is 2. The number of nitrogens with zero attached hydrogens (tertiary/aromatic N) is 1. The maximum Gasteiger partial charge on any atom is 0.349 e. The molecular weight excluding hydrogens is 256 g/mol. The van der Waals surface area contributed by atoms with E-state index in [2.05, 4.69) is 0 Å². The van der Waals surface area contributed by atoms with Crippen LogP contribution in [0.4, 0.5) is 8.78 Å². The average Bonchev–Trinajstić information content (AvgIpc) is 2.88. The van der Waals surface area contributed by atoms with E-state index >= 15 is 0 Å². The summed E-state index contributed by atoms with van der Waals surface area (Å²) < 4.78 is 28.1. The molecule has 1 saturated heterocycles. The second kappa shape index (κ2) is 4.95. The summed E-state index contributed by atoms with van der Waals surface area (Å²) in [5.74, 6) is -6.38. The van der Waals surface area contributed by atoms with Gasteiger partial charge in [0, 0.05) is 12.1 Å². The molecule has 1 aromatic rings. The number of hydrogen-bond acceptors (Lipinski definition) is 2. The minimum Gasteiger partial charge on any atom is -0.480 e. The van der Waals surface area contributed by atoms with Gasteiger partial charge in [0.1, 0.15) is 6.04 Å². The maximum absolute atomic E-state index is 14.1. The molecule has 0 bridgehead atoms. The van der Waals surface area contributed by atoms with Crippen molar-refractivity contribution in [1.82, 2.24) is 4.90 Å². The quantitative estimate of drug-likeness (QED) is 0.911. The molecule has 0 radical (unpaired) electrons. The van der Waals surface area contributed by atoms with Gasteiger partial charge in [-0.2, -0.15) is 8.78 Å². The second-order valence-corrected chi connectivity index (χ2v) is 4.44. The maximum atomic E-state index is 14.1. The smallest absolute Gasteiger partial charge is 0.349 e. The zero-order chi connectivity index (χ0) is 14.0. The third-order valence-corrected chi connectivity index (χ3v) is 3.20. The first-order chi connectivity index (χ1) is 8.94. The van der Waals surface area contributed by atoms with Crippen LogP contribution in [0, 0.1) is 0 Å². The predicted molar refractivity (Wildman–Crippen MR) is 62.7 cm³/mol. The molecule has 102 valence electrons. The monoisotopic (exact) mass is 269 g/mol. The van der Waals surface area contributed by atoms with Crippen LogP contribution in [0.25, 0.3) is 0 Å². The highest BCUT2D eigenvalue weighted by molar-refractivity contribution is 5.89. The highest BCUT2D eigenvalue weighted by Crippen LogP contribution is 2.33. The molecule has 0 spiro atoms. The Morgan fingerprint density at radius 3 is 2.47 bits per heavy atom. The largest absolute Gasteiger partial charge is 0.480 e. The Labute approximate surface area is 108 Å². The third kappa shape index (κ3) is 2.43. The number of alkyl halides is 2. The highest BCUT2D eigenvalue weighted by atomic mass is 19.3. The van der Waals surface area contributed by atoms with Gasteiger partial charge < -0.3 is 10.0 Å². The SMILES string of the molecule is O=C(O)[C@@H]1CCCN1C(=O)C(F)(F)c1ccccc1. The van der Waals surface area contributed by atoms with Gasteiger partial charge in [-0.05, 0) is 12.8 Å². The zero-order valence-corrected chi connectivity index (χ0v) is 10.1. The van der Waals surface area contributed by atoms with Gasteiger partial charge in [-0.3, -0.25) is 4.79 Å². The summed E-state index contributed by atoms with van der Waals surface area (Å²) in [5, 5.41) is 8.93. The molecule has 0 aliphatic carbocycles. The molecule has 1 aliphatic heterocycles.